The molecule has 122 valence electrons. The topological polar surface area (TPSA) is 64.2 Å². The van der Waals surface area contributed by atoms with E-state index in [2.05, 4.69) is 6.07 Å². The van der Waals surface area contributed by atoms with Crippen LogP contribution in [0.5, 0.6) is 0 Å². The molecule has 1 unspecified atom stereocenters. The average molecular weight is 340 g/mol. The number of rotatable bonds is 4. The van der Waals surface area contributed by atoms with Crippen molar-refractivity contribution in [1.29, 1.82) is 5.26 Å². The number of ether oxygens (including phenoxy) is 2. The summed E-state index contributed by atoms with van der Waals surface area (Å²) in [5, 5.41) is 13.6. The predicted octanol–water partition coefficient (Wildman–Crippen LogP) is 3.89. The zero-order valence-electron chi connectivity index (χ0n) is 13.4. The van der Waals surface area contributed by atoms with Gasteiger partial charge in [0, 0.05) is 12.4 Å². The van der Waals surface area contributed by atoms with Gasteiger partial charge in [0.25, 0.3) is 0 Å². The summed E-state index contributed by atoms with van der Waals surface area (Å²) in [6, 6.07) is 7.84. The highest BCUT2D eigenvalue weighted by Gasteiger charge is 2.37. The number of nitrogens with zero attached hydrogens (tertiary/aromatic N) is 2. The van der Waals surface area contributed by atoms with Crippen LogP contribution in [0.3, 0.4) is 0 Å². The quantitative estimate of drug-likeness (QED) is 0.792. The number of esters is 1. The number of nitriles is 1. The lowest BCUT2D eigenvalue weighted by Gasteiger charge is -2.28. The van der Waals surface area contributed by atoms with Gasteiger partial charge in [-0.2, -0.15) is 16.6 Å². The molecule has 0 N–H and O–H groups in total. The fourth-order valence-corrected chi connectivity index (χ4v) is 3.43. The molecule has 0 aliphatic carbocycles. The first kappa shape index (κ1) is 16.1. The molecule has 5 nitrogen and oxygen atoms in total. The first-order valence-electron chi connectivity index (χ1n) is 7.52. The molecule has 2 aromatic heterocycles. The molecule has 0 saturated carbocycles. The van der Waals surface area contributed by atoms with Crippen LogP contribution in [0, 0.1) is 11.3 Å². The van der Waals surface area contributed by atoms with E-state index in [9.17, 15) is 10.1 Å². The van der Waals surface area contributed by atoms with E-state index >= 15 is 0 Å². The molecule has 6 heteroatoms. The van der Waals surface area contributed by atoms with Crippen LogP contribution in [0.15, 0.2) is 58.3 Å². The lowest BCUT2D eigenvalue weighted by Crippen LogP contribution is -2.23. The van der Waals surface area contributed by atoms with Crippen molar-refractivity contribution in [3.63, 3.8) is 0 Å². The summed E-state index contributed by atoms with van der Waals surface area (Å²) < 4.78 is 12.8. The van der Waals surface area contributed by atoms with Crippen LogP contribution in [-0.4, -0.2) is 17.1 Å². The second-order valence-corrected chi connectivity index (χ2v) is 5.98. The highest BCUT2D eigenvalue weighted by atomic mass is 32.1. The zero-order chi connectivity index (χ0) is 17.1. The molecule has 0 aromatic carbocycles. The van der Waals surface area contributed by atoms with Gasteiger partial charge in [0.15, 0.2) is 0 Å². The van der Waals surface area contributed by atoms with Gasteiger partial charge in [0.05, 0.1) is 18.1 Å². The normalized spacial score (nSPS) is 17.5. The maximum atomic E-state index is 12.5. The second kappa shape index (κ2) is 6.77. The minimum Gasteiger partial charge on any atom is -0.463 e. The van der Waals surface area contributed by atoms with E-state index in [1.807, 2.05) is 29.0 Å². The predicted molar refractivity (Wildman–Crippen MR) is 90.7 cm³/mol. The van der Waals surface area contributed by atoms with Gasteiger partial charge < -0.3 is 9.47 Å². The van der Waals surface area contributed by atoms with Crippen LogP contribution in [0.2, 0.25) is 0 Å². The SMILES string of the molecule is CCOC(=O)C1=C(C)OC(n2cccc2)=C(C#N)C1c1ccsc1. The average Bonchev–Trinajstić information content (AvgIpc) is 3.27. The smallest absolute Gasteiger partial charge is 0.338 e. The van der Waals surface area contributed by atoms with Gasteiger partial charge in [-0.1, -0.05) is 0 Å². The molecular formula is C18H16N2O3S. The molecule has 1 aliphatic heterocycles. The van der Waals surface area contributed by atoms with E-state index < -0.39 is 11.9 Å². The van der Waals surface area contributed by atoms with Crippen molar-refractivity contribution in [2.24, 2.45) is 0 Å². The van der Waals surface area contributed by atoms with Crippen molar-refractivity contribution in [2.75, 3.05) is 6.61 Å². The molecule has 24 heavy (non-hydrogen) atoms. The molecule has 3 rings (SSSR count). The second-order valence-electron chi connectivity index (χ2n) is 5.20. The van der Waals surface area contributed by atoms with Crippen molar-refractivity contribution in [2.45, 2.75) is 19.8 Å². The number of hydrogen-bond donors (Lipinski definition) is 0. The molecule has 1 aliphatic rings. The number of allylic oxidation sites excluding steroid dienone is 2. The van der Waals surface area contributed by atoms with Gasteiger partial charge in [-0.15, -0.1) is 0 Å². The molecule has 0 bridgehead atoms. The molecule has 3 heterocycles. The minimum absolute atomic E-state index is 0.266. The van der Waals surface area contributed by atoms with Crippen LogP contribution in [0.25, 0.3) is 5.88 Å². The minimum atomic E-state index is -0.494. The summed E-state index contributed by atoms with van der Waals surface area (Å²) in [4.78, 5) is 12.5. The van der Waals surface area contributed by atoms with Crippen molar-refractivity contribution in [3.05, 3.63) is 63.8 Å². The summed E-state index contributed by atoms with van der Waals surface area (Å²) in [5.74, 6) is -0.0754. The van der Waals surface area contributed by atoms with E-state index in [-0.39, 0.29) is 6.61 Å². The van der Waals surface area contributed by atoms with E-state index in [4.69, 9.17) is 9.47 Å². The molecule has 2 aromatic rings. The van der Waals surface area contributed by atoms with Crippen LogP contribution < -0.4 is 0 Å². The van der Waals surface area contributed by atoms with E-state index in [1.54, 1.807) is 30.8 Å². The van der Waals surface area contributed by atoms with Gasteiger partial charge >= 0.3 is 5.97 Å². The Hall–Kier alpha value is -2.78. The van der Waals surface area contributed by atoms with E-state index in [0.717, 1.165) is 5.56 Å². The summed E-state index contributed by atoms with van der Waals surface area (Å²) in [6.45, 7) is 3.74. The van der Waals surface area contributed by atoms with Crippen LogP contribution in [0.4, 0.5) is 0 Å². The summed E-state index contributed by atoms with van der Waals surface area (Å²) in [7, 11) is 0. The number of thiophene rings is 1. The Bertz CT molecular complexity index is 839. The van der Waals surface area contributed by atoms with Gasteiger partial charge in [-0.25, -0.2) is 4.79 Å². The van der Waals surface area contributed by atoms with Crippen LogP contribution >= 0.6 is 11.3 Å². The highest BCUT2D eigenvalue weighted by molar-refractivity contribution is 7.08. The third-order valence-electron chi connectivity index (χ3n) is 3.77. The maximum absolute atomic E-state index is 12.5. The first-order valence-corrected chi connectivity index (χ1v) is 8.47. The Morgan fingerprint density at radius 3 is 2.79 bits per heavy atom. The van der Waals surface area contributed by atoms with Crippen LogP contribution in [-0.2, 0) is 14.3 Å². The van der Waals surface area contributed by atoms with E-state index in [0.29, 0.717) is 22.8 Å². The molecule has 0 fully saturated rings. The lowest BCUT2D eigenvalue weighted by atomic mass is 9.84. The Balaban J connectivity index is 2.18. The molecule has 0 radical (unpaired) electrons. The van der Waals surface area contributed by atoms with E-state index in [1.165, 1.54) is 11.3 Å². The third-order valence-corrected chi connectivity index (χ3v) is 4.47. The fraction of sp³-hybridized carbons (Fsp3) is 0.222. The molecular weight excluding hydrogens is 324 g/mol. The molecule has 0 saturated heterocycles. The Kier molecular flexibility index (Phi) is 4.54. The maximum Gasteiger partial charge on any atom is 0.338 e. The lowest BCUT2D eigenvalue weighted by molar-refractivity contribution is -0.139. The standard InChI is InChI=1S/C18H16N2O3S/c1-3-22-18(21)15-12(2)23-17(20-7-4-5-8-20)14(10-19)16(15)13-6-9-24-11-13/h4-9,11,16H,3H2,1-2H3. The fourth-order valence-electron chi connectivity index (χ4n) is 2.74. The number of carbonyl (C=O) groups is 1. The van der Waals surface area contributed by atoms with Gasteiger partial charge in [-0.3, -0.25) is 4.57 Å². The number of aromatic nitrogens is 1. The van der Waals surface area contributed by atoms with Crippen molar-refractivity contribution >= 4 is 23.2 Å². The largest absolute Gasteiger partial charge is 0.463 e. The highest BCUT2D eigenvalue weighted by Crippen LogP contribution is 2.42. The Labute approximate surface area is 144 Å². The van der Waals surface area contributed by atoms with Crippen molar-refractivity contribution in [1.82, 2.24) is 4.57 Å². The third kappa shape index (κ3) is 2.74. The molecule has 1 atom stereocenters. The summed E-state index contributed by atoms with van der Waals surface area (Å²) >= 11 is 1.52. The zero-order valence-corrected chi connectivity index (χ0v) is 14.2. The molecule has 0 amide bonds. The van der Waals surface area contributed by atoms with Gasteiger partial charge in [-0.05, 0) is 48.4 Å². The summed E-state index contributed by atoms with van der Waals surface area (Å²) in [5.41, 5.74) is 1.65. The number of hydrogen-bond acceptors (Lipinski definition) is 5. The monoisotopic (exact) mass is 340 g/mol. The van der Waals surface area contributed by atoms with Crippen molar-refractivity contribution in [3.8, 4) is 6.07 Å². The summed E-state index contributed by atoms with van der Waals surface area (Å²) in [6.07, 6.45) is 3.61. The van der Waals surface area contributed by atoms with Gasteiger partial charge in [0.1, 0.15) is 17.4 Å². The molecule has 0 spiro atoms. The van der Waals surface area contributed by atoms with Crippen molar-refractivity contribution < 1.29 is 14.3 Å². The Morgan fingerprint density at radius 1 is 1.46 bits per heavy atom. The number of carbonyl (C=O) groups excluding carboxylic acids is 1. The van der Waals surface area contributed by atoms with Gasteiger partial charge in [0.2, 0.25) is 5.88 Å². The Morgan fingerprint density at radius 2 is 2.21 bits per heavy atom. The first-order chi connectivity index (χ1) is 11.7. The van der Waals surface area contributed by atoms with Crippen LogP contribution in [0.1, 0.15) is 25.3 Å².